The number of anilines is 2. The fourth-order valence-electron chi connectivity index (χ4n) is 5.93. The lowest BCUT2D eigenvalue weighted by molar-refractivity contribution is -0.122. The molecule has 10 heteroatoms. The standard InChI is InChI=1S/C34H48N6O3S/c1-7-40(36)28-17-16-27(24(3)33(28)35)32(34(4,5)38-31(41)13-10-18-37-6)25-15-14-23(2)26(21-25)22-39-19-20-43-29-11-8-9-12-30(29)44(39)42/h8-9,11-12,14-17,21,32,37H,7,10,13,18-20,22,35-36H2,1-6H3,(H,38,41). The van der Waals surface area contributed by atoms with Gasteiger partial charge in [-0.2, -0.15) is 0 Å². The first-order valence-corrected chi connectivity index (χ1v) is 16.4. The molecule has 4 rings (SSSR count). The van der Waals surface area contributed by atoms with E-state index in [1.165, 1.54) is 0 Å². The van der Waals surface area contributed by atoms with Gasteiger partial charge in [-0.3, -0.25) is 4.79 Å². The van der Waals surface area contributed by atoms with Crippen molar-refractivity contribution in [2.45, 2.75) is 70.4 Å². The van der Waals surface area contributed by atoms with Gasteiger partial charge in [0.05, 0.1) is 16.3 Å². The molecule has 2 atom stereocenters. The van der Waals surface area contributed by atoms with Crippen LogP contribution in [0.4, 0.5) is 11.4 Å². The van der Waals surface area contributed by atoms with Crippen molar-refractivity contribution in [3.05, 3.63) is 82.4 Å². The zero-order valence-corrected chi connectivity index (χ0v) is 27.7. The molecule has 2 unspecified atom stereocenters. The van der Waals surface area contributed by atoms with Crippen molar-refractivity contribution in [2.75, 3.05) is 44.0 Å². The van der Waals surface area contributed by atoms with E-state index in [-0.39, 0.29) is 11.8 Å². The van der Waals surface area contributed by atoms with Gasteiger partial charge in [0.1, 0.15) is 23.3 Å². The molecule has 0 bridgehead atoms. The summed E-state index contributed by atoms with van der Waals surface area (Å²) in [4.78, 5) is 13.8. The van der Waals surface area contributed by atoms with Crippen LogP contribution in [0.2, 0.25) is 0 Å². The summed E-state index contributed by atoms with van der Waals surface area (Å²) in [6, 6.07) is 18.0. The van der Waals surface area contributed by atoms with Crippen LogP contribution in [-0.4, -0.2) is 53.2 Å². The summed E-state index contributed by atoms with van der Waals surface area (Å²) in [6.07, 6.45) is 1.18. The minimum atomic E-state index is -1.36. The van der Waals surface area contributed by atoms with Crippen LogP contribution in [0.15, 0.2) is 59.5 Å². The fraction of sp³-hybridized carbons (Fsp3) is 0.441. The molecule has 238 valence electrons. The SMILES string of the molecule is CCN(N)c1ccc(C(c2ccc(C)c(CN3CCOc4ccccc4S3=O)c2)C(C)(C)NC(=O)CCCNC)c(C)c1N. The van der Waals surface area contributed by atoms with Crippen molar-refractivity contribution in [2.24, 2.45) is 5.84 Å². The minimum Gasteiger partial charge on any atom is -0.491 e. The maximum atomic E-state index is 13.7. The van der Waals surface area contributed by atoms with Crippen LogP contribution in [0.5, 0.6) is 5.75 Å². The molecular weight excluding hydrogens is 572 g/mol. The molecule has 0 saturated heterocycles. The Morgan fingerprint density at radius 2 is 1.91 bits per heavy atom. The smallest absolute Gasteiger partial charge is 0.220 e. The van der Waals surface area contributed by atoms with Gasteiger partial charge in [-0.1, -0.05) is 36.4 Å². The molecule has 1 heterocycles. The lowest BCUT2D eigenvalue weighted by Crippen LogP contribution is -2.48. The number of aryl methyl sites for hydroxylation is 1. The first-order chi connectivity index (χ1) is 21.0. The van der Waals surface area contributed by atoms with Gasteiger partial charge in [-0.05, 0) is 101 Å². The van der Waals surface area contributed by atoms with Gasteiger partial charge >= 0.3 is 0 Å². The van der Waals surface area contributed by atoms with Crippen LogP contribution in [0.25, 0.3) is 0 Å². The largest absolute Gasteiger partial charge is 0.491 e. The van der Waals surface area contributed by atoms with E-state index in [9.17, 15) is 9.00 Å². The topological polar surface area (TPSA) is 126 Å². The number of amides is 1. The first-order valence-electron chi connectivity index (χ1n) is 15.3. The van der Waals surface area contributed by atoms with E-state index in [0.29, 0.717) is 49.0 Å². The highest BCUT2D eigenvalue weighted by Crippen LogP contribution is 2.41. The zero-order chi connectivity index (χ0) is 32.0. The van der Waals surface area contributed by atoms with Crippen LogP contribution >= 0.6 is 0 Å². The summed E-state index contributed by atoms with van der Waals surface area (Å²) < 4.78 is 21.5. The highest BCUT2D eigenvalue weighted by Gasteiger charge is 2.36. The van der Waals surface area contributed by atoms with Crippen molar-refractivity contribution < 1.29 is 13.7 Å². The number of nitrogens with one attached hydrogen (secondary N) is 2. The molecule has 0 aromatic heterocycles. The molecule has 0 spiro atoms. The lowest BCUT2D eigenvalue weighted by Gasteiger charge is -2.38. The maximum Gasteiger partial charge on any atom is 0.220 e. The van der Waals surface area contributed by atoms with E-state index >= 15 is 0 Å². The van der Waals surface area contributed by atoms with Gasteiger partial charge in [0.2, 0.25) is 5.91 Å². The van der Waals surface area contributed by atoms with Gasteiger partial charge in [-0.15, -0.1) is 0 Å². The Morgan fingerprint density at radius 1 is 1.16 bits per heavy atom. The second kappa shape index (κ2) is 14.6. The number of nitrogens with zero attached hydrogens (tertiary/aromatic N) is 2. The third kappa shape index (κ3) is 7.43. The van der Waals surface area contributed by atoms with E-state index < -0.39 is 16.5 Å². The molecule has 1 aliphatic heterocycles. The Balaban J connectivity index is 1.76. The normalized spacial score (nSPS) is 16.0. The third-order valence-corrected chi connectivity index (χ3v) is 9.93. The van der Waals surface area contributed by atoms with Crippen LogP contribution in [0, 0.1) is 13.8 Å². The summed E-state index contributed by atoms with van der Waals surface area (Å²) in [6.45, 7) is 13.1. The Bertz CT molecular complexity index is 1490. The van der Waals surface area contributed by atoms with Crippen LogP contribution in [0.1, 0.15) is 67.3 Å². The lowest BCUT2D eigenvalue weighted by atomic mass is 9.74. The number of carbonyl (C=O) groups excluding carboxylic acids is 1. The van der Waals surface area contributed by atoms with Crippen molar-refractivity contribution in [1.29, 1.82) is 0 Å². The molecular formula is C34H48N6O3S. The summed E-state index contributed by atoms with van der Waals surface area (Å²) >= 11 is 0. The van der Waals surface area contributed by atoms with E-state index in [1.807, 2.05) is 55.5 Å². The summed E-state index contributed by atoms with van der Waals surface area (Å²) in [7, 11) is 0.523. The summed E-state index contributed by atoms with van der Waals surface area (Å²) in [5, 5.41) is 8.08. The van der Waals surface area contributed by atoms with Crippen molar-refractivity contribution >= 4 is 28.3 Å². The minimum absolute atomic E-state index is 0.00238. The van der Waals surface area contributed by atoms with E-state index in [2.05, 4.69) is 55.7 Å². The number of benzene rings is 3. The Kier molecular flexibility index (Phi) is 11.1. The monoisotopic (exact) mass is 620 g/mol. The number of hydrogen-bond acceptors (Lipinski definition) is 7. The number of hydrazine groups is 1. The van der Waals surface area contributed by atoms with Crippen molar-refractivity contribution in [1.82, 2.24) is 14.9 Å². The van der Waals surface area contributed by atoms with Gasteiger partial charge in [-0.25, -0.2) is 14.4 Å². The fourth-order valence-corrected chi connectivity index (χ4v) is 7.20. The molecule has 0 aliphatic carbocycles. The van der Waals surface area contributed by atoms with Crippen molar-refractivity contribution in [3.63, 3.8) is 0 Å². The quantitative estimate of drug-likeness (QED) is 0.101. The van der Waals surface area contributed by atoms with E-state index in [4.69, 9.17) is 16.3 Å². The molecule has 3 aromatic rings. The number of para-hydroxylation sites is 1. The average Bonchev–Trinajstić information content (AvgIpc) is 3.14. The average molecular weight is 621 g/mol. The molecule has 0 radical (unpaired) electrons. The van der Waals surface area contributed by atoms with E-state index in [0.717, 1.165) is 46.5 Å². The van der Waals surface area contributed by atoms with Gasteiger partial charge in [0.15, 0.2) is 0 Å². The highest BCUT2D eigenvalue weighted by molar-refractivity contribution is 7.82. The Labute approximate surface area is 264 Å². The van der Waals surface area contributed by atoms with Gasteiger partial charge in [0.25, 0.3) is 0 Å². The first kappa shape index (κ1) is 33.5. The number of nitrogen functional groups attached to an aromatic ring is 1. The number of carbonyl (C=O) groups is 1. The molecule has 0 saturated carbocycles. The van der Waals surface area contributed by atoms with Crippen LogP contribution in [0.3, 0.4) is 0 Å². The second-order valence-electron chi connectivity index (χ2n) is 12.0. The second-order valence-corrected chi connectivity index (χ2v) is 13.5. The Morgan fingerprint density at radius 3 is 2.64 bits per heavy atom. The Hall–Kier alpha value is -3.44. The molecule has 9 nitrogen and oxygen atoms in total. The number of fused-ring (bicyclic) bond motifs is 1. The molecule has 1 amide bonds. The number of ether oxygens (including phenoxy) is 1. The third-order valence-electron chi connectivity index (χ3n) is 8.43. The molecule has 0 fully saturated rings. The van der Waals surface area contributed by atoms with Crippen molar-refractivity contribution in [3.8, 4) is 5.75 Å². The predicted molar refractivity (Wildman–Crippen MR) is 180 cm³/mol. The number of nitrogens with two attached hydrogens (primary N) is 2. The number of hydrogen-bond donors (Lipinski definition) is 4. The van der Waals surface area contributed by atoms with Gasteiger partial charge in [0, 0.05) is 37.5 Å². The number of rotatable bonds is 12. The molecule has 6 N–H and O–H groups in total. The molecule has 44 heavy (non-hydrogen) atoms. The summed E-state index contributed by atoms with van der Waals surface area (Å²) in [5.41, 5.74) is 12.6. The molecule has 1 aliphatic rings. The zero-order valence-electron chi connectivity index (χ0n) is 26.9. The molecule has 3 aromatic carbocycles. The summed E-state index contributed by atoms with van der Waals surface area (Å²) in [5.74, 6) is 6.69. The van der Waals surface area contributed by atoms with Crippen LogP contribution in [-0.2, 0) is 22.3 Å². The highest BCUT2D eigenvalue weighted by atomic mass is 32.2. The maximum absolute atomic E-state index is 13.7. The van der Waals surface area contributed by atoms with E-state index in [1.54, 1.807) is 5.01 Å². The predicted octanol–water partition coefficient (Wildman–Crippen LogP) is 4.53. The van der Waals surface area contributed by atoms with Gasteiger partial charge < -0.3 is 26.1 Å². The van der Waals surface area contributed by atoms with Crippen LogP contribution < -0.4 is 32.0 Å².